The summed E-state index contributed by atoms with van der Waals surface area (Å²) in [5.41, 5.74) is 5.76. The van der Waals surface area contributed by atoms with Crippen LogP contribution < -0.4 is 5.73 Å². The van der Waals surface area contributed by atoms with Gasteiger partial charge in [0.1, 0.15) is 0 Å². The fourth-order valence-corrected chi connectivity index (χ4v) is 3.37. The van der Waals surface area contributed by atoms with Crippen LogP contribution in [0.15, 0.2) is 0 Å². The molecular weight excluding hydrogens is 278 g/mol. The lowest BCUT2D eigenvalue weighted by molar-refractivity contribution is 0.518. The molecular formula is C22H47N. The van der Waals surface area contributed by atoms with Crippen LogP contribution in [0, 0.1) is 0 Å². The van der Waals surface area contributed by atoms with Gasteiger partial charge in [-0.25, -0.2) is 0 Å². The van der Waals surface area contributed by atoms with E-state index in [1.807, 2.05) is 0 Å². The highest BCUT2D eigenvalue weighted by Gasteiger charge is 1.96. The predicted octanol–water partition coefficient (Wildman–Crippen LogP) is 7.77. The summed E-state index contributed by atoms with van der Waals surface area (Å²) >= 11 is 0. The lowest BCUT2D eigenvalue weighted by Crippen LogP contribution is -2.13. The van der Waals surface area contributed by atoms with E-state index in [4.69, 9.17) is 5.73 Å². The van der Waals surface area contributed by atoms with Crippen molar-refractivity contribution in [3.8, 4) is 0 Å². The summed E-state index contributed by atoms with van der Waals surface area (Å²) in [5.74, 6) is 0. The minimum absolute atomic E-state index is 0.399. The molecule has 0 spiro atoms. The highest BCUT2D eigenvalue weighted by Crippen LogP contribution is 2.14. The Morgan fingerprint density at radius 2 is 0.739 bits per heavy atom. The van der Waals surface area contributed by atoms with Crippen LogP contribution >= 0.6 is 0 Å². The van der Waals surface area contributed by atoms with Crippen molar-refractivity contribution < 1.29 is 0 Å². The lowest BCUT2D eigenvalue weighted by Gasteiger charge is -2.05. The minimum atomic E-state index is 0.399. The van der Waals surface area contributed by atoms with Gasteiger partial charge in [0.05, 0.1) is 0 Å². The second-order valence-electron chi connectivity index (χ2n) is 7.78. The van der Waals surface area contributed by atoms with Crippen molar-refractivity contribution in [1.29, 1.82) is 0 Å². The molecule has 1 nitrogen and oxygen atoms in total. The molecule has 0 fully saturated rings. The third-order valence-electron chi connectivity index (χ3n) is 5.01. The van der Waals surface area contributed by atoms with Crippen LogP contribution in [-0.2, 0) is 0 Å². The van der Waals surface area contributed by atoms with E-state index in [0.29, 0.717) is 6.04 Å². The van der Waals surface area contributed by atoms with Crippen molar-refractivity contribution in [2.45, 2.75) is 142 Å². The minimum Gasteiger partial charge on any atom is -0.328 e. The Hall–Kier alpha value is -0.0400. The fraction of sp³-hybridized carbons (Fsp3) is 1.00. The molecule has 1 atom stereocenters. The van der Waals surface area contributed by atoms with E-state index < -0.39 is 0 Å². The van der Waals surface area contributed by atoms with Gasteiger partial charge in [0.25, 0.3) is 0 Å². The molecule has 0 aromatic carbocycles. The molecule has 0 heterocycles. The molecule has 0 aliphatic carbocycles. The number of hydrogen-bond acceptors (Lipinski definition) is 1. The zero-order valence-corrected chi connectivity index (χ0v) is 16.6. The van der Waals surface area contributed by atoms with Crippen molar-refractivity contribution in [2.75, 3.05) is 0 Å². The average Bonchev–Trinajstić information content (AvgIpc) is 2.53. The van der Waals surface area contributed by atoms with E-state index in [0.717, 1.165) is 0 Å². The van der Waals surface area contributed by atoms with Crippen molar-refractivity contribution in [3.05, 3.63) is 0 Å². The molecule has 0 aromatic heterocycles. The first-order valence-corrected chi connectivity index (χ1v) is 11.0. The highest BCUT2D eigenvalue weighted by atomic mass is 14.6. The highest BCUT2D eigenvalue weighted by molar-refractivity contribution is 4.54. The first-order chi connectivity index (χ1) is 11.3. The number of rotatable bonds is 19. The molecule has 0 bridgehead atoms. The molecule has 0 amide bonds. The molecule has 0 saturated carbocycles. The second-order valence-corrected chi connectivity index (χ2v) is 7.78. The Balaban J connectivity index is 2.95. The van der Waals surface area contributed by atoms with Gasteiger partial charge in [0, 0.05) is 6.04 Å². The van der Waals surface area contributed by atoms with Crippen LogP contribution in [0.25, 0.3) is 0 Å². The molecule has 140 valence electrons. The van der Waals surface area contributed by atoms with Crippen LogP contribution in [0.5, 0.6) is 0 Å². The maximum Gasteiger partial charge on any atom is 0.00104 e. The van der Waals surface area contributed by atoms with Crippen molar-refractivity contribution in [3.63, 3.8) is 0 Å². The summed E-state index contributed by atoms with van der Waals surface area (Å²) in [4.78, 5) is 0. The van der Waals surface area contributed by atoms with Gasteiger partial charge in [0.15, 0.2) is 0 Å². The van der Waals surface area contributed by atoms with E-state index in [1.54, 1.807) is 0 Å². The van der Waals surface area contributed by atoms with Crippen LogP contribution in [0.3, 0.4) is 0 Å². The summed E-state index contributed by atoms with van der Waals surface area (Å²) in [7, 11) is 0. The molecule has 1 unspecified atom stereocenters. The van der Waals surface area contributed by atoms with E-state index in [2.05, 4.69) is 13.8 Å². The average molecular weight is 326 g/mol. The van der Waals surface area contributed by atoms with Gasteiger partial charge in [-0.2, -0.15) is 0 Å². The van der Waals surface area contributed by atoms with Gasteiger partial charge < -0.3 is 5.73 Å². The monoisotopic (exact) mass is 325 g/mol. The SMILES string of the molecule is CCCCCCCCCCCCCCCCCCCCC(C)N. The third kappa shape index (κ3) is 22.0. The van der Waals surface area contributed by atoms with E-state index in [1.165, 1.54) is 122 Å². The molecule has 0 aliphatic heterocycles. The zero-order chi connectivity index (χ0) is 17.0. The number of unbranched alkanes of at least 4 members (excludes halogenated alkanes) is 17. The summed E-state index contributed by atoms with van der Waals surface area (Å²) in [6.07, 6.45) is 27.3. The number of nitrogens with two attached hydrogens (primary N) is 1. The maximum atomic E-state index is 5.76. The molecule has 0 aliphatic rings. The Morgan fingerprint density at radius 1 is 0.478 bits per heavy atom. The summed E-state index contributed by atoms with van der Waals surface area (Å²) in [6.45, 7) is 4.41. The Morgan fingerprint density at radius 3 is 1.00 bits per heavy atom. The molecule has 0 saturated heterocycles. The van der Waals surface area contributed by atoms with Crippen molar-refractivity contribution in [2.24, 2.45) is 5.73 Å². The molecule has 2 N–H and O–H groups in total. The van der Waals surface area contributed by atoms with E-state index in [9.17, 15) is 0 Å². The molecule has 0 aromatic rings. The van der Waals surface area contributed by atoms with Gasteiger partial charge in [-0.3, -0.25) is 0 Å². The molecule has 0 radical (unpaired) electrons. The normalized spacial score (nSPS) is 12.7. The van der Waals surface area contributed by atoms with Crippen molar-refractivity contribution >= 4 is 0 Å². The van der Waals surface area contributed by atoms with Gasteiger partial charge in [-0.05, 0) is 13.3 Å². The smallest absolute Gasteiger partial charge is 0.00104 e. The van der Waals surface area contributed by atoms with E-state index >= 15 is 0 Å². The summed E-state index contributed by atoms with van der Waals surface area (Å²) < 4.78 is 0. The summed E-state index contributed by atoms with van der Waals surface area (Å²) in [5, 5.41) is 0. The van der Waals surface area contributed by atoms with Crippen molar-refractivity contribution in [1.82, 2.24) is 0 Å². The number of hydrogen-bond donors (Lipinski definition) is 1. The van der Waals surface area contributed by atoms with Crippen LogP contribution in [-0.4, -0.2) is 6.04 Å². The summed E-state index contributed by atoms with van der Waals surface area (Å²) in [6, 6.07) is 0.399. The van der Waals surface area contributed by atoms with Crippen LogP contribution in [0.2, 0.25) is 0 Å². The topological polar surface area (TPSA) is 26.0 Å². The maximum absolute atomic E-state index is 5.76. The Labute approximate surface area is 148 Å². The van der Waals surface area contributed by atoms with Crippen LogP contribution in [0.1, 0.15) is 136 Å². The largest absolute Gasteiger partial charge is 0.328 e. The standard InChI is InChI=1S/C22H47N/c1-3-4-5-6-7-8-9-10-11-12-13-14-15-16-17-18-19-20-21-22(2)23/h22H,3-21,23H2,1-2H3. The molecule has 1 heteroatoms. The third-order valence-corrected chi connectivity index (χ3v) is 5.01. The van der Waals surface area contributed by atoms with Gasteiger partial charge >= 0.3 is 0 Å². The Kier molecular flexibility index (Phi) is 20.0. The van der Waals surface area contributed by atoms with Gasteiger partial charge in [0.2, 0.25) is 0 Å². The quantitative estimate of drug-likeness (QED) is 0.241. The Bertz CT molecular complexity index is 200. The van der Waals surface area contributed by atoms with Crippen LogP contribution in [0.4, 0.5) is 0 Å². The fourth-order valence-electron chi connectivity index (χ4n) is 3.37. The van der Waals surface area contributed by atoms with Gasteiger partial charge in [-0.1, -0.05) is 122 Å². The molecule has 23 heavy (non-hydrogen) atoms. The molecule has 0 rings (SSSR count). The predicted molar refractivity (Wildman–Crippen MR) is 107 cm³/mol. The van der Waals surface area contributed by atoms with E-state index in [-0.39, 0.29) is 0 Å². The van der Waals surface area contributed by atoms with Gasteiger partial charge in [-0.15, -0.1) is 0 Å². The lowest BCUT2D eigenvalue weighted by atomic mass is 10.0. The zero-order valence-electron chi connectivity index (χ0n) is 16.6. The first-order valence-electron chi connectivity index (χ1n) is 11.0. The first kappa shape index (κ1) is 23.0. The second kappa shape index (κ2) is 20.0.